The first-order chi connectivity index (χ1) is 10.9. The molecule has 1 aromatic carbocycles. The second-order valence-electron chi connectivity index (χ2n) is 6.53. The van der Waals surface area contributed by atoms with Crippen LogP contribution in [0.25, 0.3) is 5.69 Å². The minimum atomic E-state index is -0.193. The normalized spacial score (nSPS) is 20.2. The van der Waals surface area contributed by atoms with Crippen LogP contribution < -0.4 is 5.32 Å². The second kappa shape index (κ2) is 6.08. The first kappa shape index (κ1) is 15.6. The summed E-state index contributed by atoms with van der Waals surface area (Å²) in [6, 6.07) is 5.66. The van der Waals surface area contributed by atoms with E-state index in [2.05, 4.69) is 20.8 Å². The summed E-state index contributed by atoms with van der Waals surface area (Å²) in [5, 5.41) is 14.3. The number of tetrazole rings is 1. The third kappa shape index (κ3) is 3.56. The topological polar surface area (TPSA) is 81.9 Å². The van der Waals surface area contributed by atoms with Crippen molar-refractivity contribution in [1.29, 1.82) is 0 Å². The number of carbonyl (C=O) groups excluding carboxylic acids is 1. The number of amides is 1. The van der Waals surface area contributed by atoms with Crippen LogP contribution in [0.4, 0.5) is 0 Å². The molecule has 122 valence electrons. The van der Waals surface area contributed by atoms with Gasteiger partial charge in [-0.15, -0.1) is 5.10 Å². The molecule has 3 rings (SSSR count). The molecule has 1 aliphatic rings. The summed E-state index contributed by atoms with van der Waals surface area (Å²) < 4.78 is 7.25. The van der Waals surface area contributed by atoms with Crippen molar-refractivity contribution in [3.63, 3.8) is 0 Å². The molecule has 23 heavy (non-hydrogen) atoms. The molecule has 0 unspecified atom stereocenters. The lowest BCUT2D eigenvalue weighted by atomic mass is 9.93. The Morgan fingerprint density at radius 2 is 2.26 bits per heavy atom. The van der Waals surface area contributed by atoms with Crippen LogP contribution in [-0.2, 0) is 4.74 Å². The molecule has 0 aliphatic carbocycles. The van der Waals surface area contributed by atoms with E-state index in [9.17, 15) is 4.79 Å². The quantitative estimate of drug-likeness (QED) is 0.931. The van der Waals surface area contributed by atoms with E-state index in [0.717, 1.165) is 24.1 Å². The van der Waals surface area contributed by atoms with Crippen LogP contribution in [-0.4, -0.2) is 44.4 Å². The van der Waals surface area contributed by atoms with Crippen molar-refractivity contribution < 1.29 is 9.53 Å². The van der Waals surface area contributed by atoms with Gasteiger partial charge in [0.2, 0.25) is 0 Å². The van der Waals surface area contributed by atoms with E-state index < -0.39 is 0 Å². The Hall–Kier alpha value is -2.28. The summed E-state index contributed by atoms with van der Waals surface area (Å²) in [7, 11) is 0. The molecule has 7 nitrogen and oxygen atoms in total. The van der Waals surface area contributed by atoms with Gasteiger partial charge in [0.15, 0.2) is 0 Å². The molecular formula is C16H21N5O2. The molecule has 7 heteroatoms. The molecular weight excluding hydrogens is 294 g/mol. The third-order valence-corrected chi connectivity index (χ3v) is 4.10. The Labute approximate surface area is 135 Å². The standard InChI is InChI=1S/C16H21N5O2/c1-11-4-5-12(8-14(11)21-10-17-19-20-21)15(22)18-13-6-7-23-16(2,3)9-13/h4-5,8,10,13H,6-7,9H2,1-3H3,(H,18,22)/t13-/m1/s1. The zero-order valence-electron chi connectivity index (χ0n) is 13.6. The maximum absolute atomic E-state index is 12.5. The van der Waals surface area contributed by atoms with Crippen LogP contribution in [0.1, 0.15) is 42.6 Å². The highest BCUT2D eigenvalue weighted by molar-refractivity contribution is 5.95. The Bertz CT molecular complexity index is 697. The highest BCUT2D eigenvalue weighted by Crippen LogP contribution is 2.24. The Balaban J connectivity index is 1.76. The molecule has 0 spiro atoms. The van der Waals surface area contributed by atoms with Crippen LogP contribution >= 0.6 is 0 Å². The smallest absolute Gasteiger partial charge is 0.251 e. The Kier molecular flexibility index (Phi) is 4.12. The summed E-state index contributed by atoms with van der Waals surface area (Å²) in [4.78, 5) is 12.5. The highest BCUT2D eigenvalue weighted by Gasteiger charge is 2.29. The number of nitrogens with one attached hydrogen (secondary N) is 1. The molecule has 0 saturated carbocycles. The minimum Gasteiger partial charge on any atom is -0.375 e. The SMILES string of the molecule is Cc1ccc(C(=O)N[C@@H]2CCOC(C)(C)C2)cc1-n1cnnn1. The van der Waals surface area contributed by atoms with Gasteiger partial charge in [-0.25, -0.2) is 4.68 Å². The average molecular weight is 315 g/mol. The minimum absolute atomic E-state index is 0.0815. The van der Waals surface area contributed by atoms with Gasteiger partial charge in [-0.05, 0) is 61.7 Å². The maximum atomic E-state index is 12.5. The molecule has 1 saturated heterocycles. The van der Waals surface area contributed by atoms with Crippen LogP contribution in [0, 0.1) is 6.92 Å². The lowest BCUT2D eigenvalue weighted by Gasteiger charge is -2.35. The van der Waals surface area contributed by atoms with Crippen LogP contribution in [0.3, 0.4) is 0 Å². The summed E-state index contributed by atoms with van der Waals surface area (Å²) in [6.45, 7) is 6.72. The molecule has 0 bridgehead atoms. The van der Waals surface area contributed by atoms with Crippen molar-refractivity contribution in [2.24, 2.45) is 0 Å². The van der Waals surface area contributed by atoms with Gasteiger partial charge in [-0.3, -0.25) is 4.79 Å². The third-order valence-electron chi connectivity index (χ3n) is 4.10. The summed E-state index contributed by atoms with van der Waals surface area (Å²) in [6.07, 6.45) is 3.16. The van der Waals surface area contributed by atoms with Gasteiger partial charge in [-0.2, -0.15) is 0 Å². The first-order valence-corrected chi connectivity index (χ1v) is 7.73. The number of aromatic nitrogens is 4. The van der Waals surface area contributed by atoms with Crippen molar-refractivity contribution >= 4 is 5.91 Å². The van der Waals surface area contributed by atoms with E-state index in [4.69, 9.17) is 4.74 Å². The lowest BCUT2D eigenvalue weighted by Crippen LogP contribution is -2.45. The van der Waals surface area contributed by atoms with Gasteiger partial charge < -0.3 is 10.1 Å². The van der Waals surface area contributed by atoms with Gasteiger partial charge in [-0.1, -0.05) is 6.07 Å². The van der Waals surface area contributed by atoms with Crippen molar-refractivity contribution in [1.82, 2.24) is 25.5 Å². The number of carbonyl (C=O) groups is 1. The van der Waals surface area contributed by atoms with Crippen molar-refractivity contribution in [3.8, 4) is 5.69 Å². The van der Waals surface area contributed by atoms with E-state index in [1.807, 2.05) is 39.0 Å². The number of hydrogen-bond acceptors (Lipinski definition) is 5. The van der Waals surface area contributed by atoms with Gasteiger partial charge in [0.05, 0.1) is 11.3 Å². The molecule has 1 aliphatic heterocycles. The number of rotatable bonds is 3. The molecule has 2 heterocycles. The Morgan fingerprint density at radius 1 is 1.43 bits per heavy atom. The lowest BCUT2D eigenvalue weighted by molar-refractivity contribution is -0.0615. The number of benzene rings is 1. The van der Waals surface area contributed by atoms with E-state index in [-0.39, 0.29) is 17.6 Å². The Morgan fingerprint density at radius 3 is 2.96 bits per heavy atom. The highest BCUT2D eigenvalue weighted by atomic mass is 16.5. The van der Waals surface area contributed by atoms with Gasteiger partial charge in [0.25, 0.3) is 5.91 Å². The first-order valence-electron chi connectivity index (χ1n) is 7.73. The van der Waals surface area contributed by atoms with Crippen LogP contribution in [0.2, 0.25) is 0 Å². The second-order valence-corrected chi connectivity index (χ2v) is 6.53. The van der Waals surface area contributed by atoms with Crippen LogP contribution in [0.15, 0.2) is 24.5 Å². The van der Waals surface area contributed by atoms with E-state index >= 15 is 0 Å². The number of aryl methyl sites for hydroxylation is 1. The molecule has 0 radical (unpaired) electrons. The van der Waals surface area contributed by atoms with Crippen molar-refractivity contribution in [2.45, 2.75) is 45.3 Å². The van der Waals surface area contributed by atoms with Crippen LogP contribution in [0.5, 0.6) is 0 Å². The average Bonchev–Trinajstić information content (AvgIpc) is 3.00. The molecule has 1 N–H and O–H groups in total. The molecule has 1 atom stereocenters. The predicted molar refractivity (Wildman–Crippen MR) is 84.4 cm³/mol. The summed E-state index contributed by atoms with van der Waals surface area (Å²) in [5.74, 6) is -0.0815. The fourth-order valence-corrected chi connectivity index (χ4v) is 2.89. The number of ether oxygens (including phenoxy) is 1. The fourth-order valence-electron chi connectivity index (χ4n) is 2.89. The number of hydrogen-bond donors (Lipinski definition) is 1. The summed E-state index contributed by atoms with van der Waals surface area (Å²) in [5.41, 5.74) is 2.21. The largest absolute Gasteiger partial charge is 0.375 e. The van der Waals surface area contributed by atoms with Gasteiger partial charge in [0.1, 0.15) is 6.33 Å². The predicted octanol–water partition coefficient (Wildman–Crippen LogP) is 1.66. The zero-order valence-corrected chi connectivity index (χ0v) is 13.6. The van der Waals surface area contributed by atoms with E-state index in [1.165, 1.54) is 6.33 Å². The van der Waals surface area contributed by atoms with E-state index in [0.29, 0.717) is 12.2 Å². The van der Waals surface area contributed by atoms with Crippen molar-refractivity contribution in [2.75, 3.05) is 6.61 Å². The molecule has 1 aromatic heterocycles. The fraction of sp³-hybridized carbons (Fsp3) is 0.500. The summed E-state index contributed by atoms with van der Waals surface area (Å²) >= 11 is 0. The molecule has 2 aromatic rings. The van der Waals surface area contributed by atoms with Gasteiger partial charge >= 0.3 is 0 Å². The molecule has 1 amide bonds. The zero-order chi connectivity index (χ0) is 16.4. The maximum Gasteiger partial charge on any atom is 0.251 e. The number of nitrogens with zero attached hydrogens (tertiary/aromatic N) is 4. The van der Waals surface area contributed by atoms with E-state index in [1.54, 1.807) is 4.68 Å². The van der Waals surface area contributed by atoms with Gasteiger partial charge in [0, 0.05) is 18.2 Å². The monoisotopic (exact) mass is 315 g/mol. The molecule has 1 fully saturated rings. The van der Waals surface area contributed by atoms with Crippen molar-refractivity contribution in [3.05, 3.63) is 35.7 Å².